The van der Waals surface area contributed by atoms with Gasteiger partial charge in [0.2, 0.25) is 0 Å². The molecule has 0 saturated heterocycles. The number of hydrogen-bond acceptors (Lipinski definition) is 2. The van der Waals surface area contributed by atoms with Crippen molar-refractivity contribution in [2.75, 3.05) is 6.61 Å². The van der Waals surface area contributed by atoms with Gasteiger partial charge in [-0.15, -0.1) is 6.61 Å². The van der Waals surface area contributed by atoms with Crippen molar-refractivity contribution in [1.29, 1.82) is 0 Å². The molecule has 0 radical (unpaired) electrons. The predicted molar refractivity (Wildman–Crippen MR) is 52.1 cm³/mol. The lowest BCUT2D eigenvalue weighted by Crippen LogP contribution is -2.30. The Labute approximate surface area is 75.8 Å². The van der Waals surface area contributed by atoms with Crippen molar-refractivity contribution < 1.29 is 10.6 Å². The summed E-state index contributed by atoms with van der Waals surface area (Å²) in [6, 6.07) is 0. The molecule has 4 heteroatoms. The fraction of sp³-hybridized carbons (Fsp3) is 1.00. The van der Waals surface area contributed by atoms with Crippen LogP contribution in [0, 0.1) is 5.41 Å². The van der Waals surface area contributed by atoms with E-state index in [4.69, 9.17) is 0 Å². The zero-order valence-corrected chi connectivity index (χ0v) is 9.18. The number of hydrogen-bond donors (Lipinski definition) is 2. The van der Waals surface area contributed by atoms with Crippen molar-refractivity contribution in [3.8, 4) is 0 Å². The van der Waals surface area contributed by atoms with Crippen LogP contribution in [0.4, 0.5) is 0 Å². The maximum absolute atomic E-state index is 10.6. The SMILES string of the molecule is CCC(CC)(CC)C[O-].[NH4+].[NH4+].[OH-]. The molecular weight excluding hydrogens is 156 g/mol. The Balaban J connectivity index is -0.000000107. The summed E-state index contributed by atoms with van der Waals surface area (Å²) >= 11 is 0. The second-order valence-electron chi connectivity index (χ2n) is 2.70. The summed E-state index contributed by atoms with van der Waals surface area (Å²) in [6.07, 6.45) is 3.09. The fourth-order valence-electron chi connectivity index (χ4n) is 1.06. The van der Waals surface area contributed by atoms with Crippen LogP contribution in [-0.4, -0.2) is 12.1 Å². The van der Waals surface area contributed by atoms with Gasteiger partial charge in [-0.25, -0.2) is 0 Å². The van der Waals surface area contributed by atoms with Gasteiger partial charge in [0.25, 0.3) is 0 Å². The molecule has 0 aromatic rings. The van der Waals surface area contributed by atoms with Crippen LogP contribution in [0.15, 0.2) is 0 Å². The van der Waals surface area contributed by atoms with Crippen molar-refractivity contribution in [2.45, 2.75) is 40.0 Å². The van der Waals surface area contributed by atoms with Crippen LogP contribution in [0.2, 0.25) is 0 Å². The summed E-state index contributed by atoms with van der Waals surface area (Å²) in [7, 11) is 0. The fourth-order valence-corrected chi connectivity index (χ4v) is 1.06. The van der Waals surface area contributed by atoms with Crippen LogP contribution < -0.4 is 17.4 Å². The van der Waals surface area contributed by atoms with Gasteiger partial charge in [0.1, 0.15) is 0 Å². The highest BCUT2D eigenvalue weighted by Crippen LogP contribution is 2.27. The minimum absolute atomic E-state index is 0. The molecule has 0 saturated carbocycles. The van der Waals surface area contributed by atoms with Gasteiger partial charge in [-0.2, -0.15) is 0 Å². The van der Waals surface area contributed by atoms with Crippen LogP contribution in [-0.2, 0) is 0 Å². The lowest BCUT2D eigenvalue weighted by Gasteiger charge is -2.33. The summed E-state index contributed by atoms with van der Waals surface area (Å²) in [5.74, 6) is 0. The normalized spacial score (nSPS) is 9.00. The third-order valence-electron chi connectivity index (χ3n) is 2.56. The molecule has 0 unspecified atom stereocenters. The monoisotopic (exact) mass is 182 g/mol. The zero-order valence-electron chi connectivity index (χ0n) is 9.18. The van der Waals surface area contributed by atoms with Crippen molar-refractivity contribution in [3.05, 3.63) is 0 Å². The highest BCUT2D eigenvalue weighted by molar-refractivity contribution is 4.72. The summed E-state index contributed by atoms with van der Waals surface area (Å²) in [6.45, 7) is 6.40. The van der Waals surface area contributed by atoms with Crippen molar-refractivity contribution >= 4 is 0 Å². The van der Waals surface area contributed by atoms with E-state index in [1.807, 2.05) is 0 Å². The first kappa shape index (κ1) is 22.6. The summed E-state index contributed by atoms with van der Waals surface area (Å²) in [5, 5.41) is 10.6. The van der Waals surface area contributed by atoms with E-state index < -0.39 is 0 Å². The van der Waals surface area contributed by atoms with Gasteiger partial charge >= 0.3 is 0 Å². The summed E-state index contributed by atoms with van der Waals surface area (Å²) in [5.41, 5.74) is 0.111. The molecule has 0 fully saturated rings. The van der Waals surface area contributed by atoms with Crippen LogP contribution in [0.3, 0.4) is 0 Å². The largest absolute Gasteiger partial charge is 0.870 e. The number of quaternary nitrogens is 2. The Morgan fingerprint density at radius 3 is 1.17 bits per heavy atom. The van der Waals surface area contributed by atoms with Crippen LogP contribution >= 0.6 is 0 Å². The topological polar surface area (TPSA) is 126 Å². The summed E-state index contributed by atoms with van der Waals surface area (Å²) in [4.78, 5) is 0. The Bertz CT molecular complexity index is 57.9. The van der Waals surface area contributed by atoms with E-state index in [1.165, 1.54) is 0 Å². The predicted octanol–water partition coefficient (Wildman–Crippen LogP) is 2.14. The second kappa shape index (κ2) is 10.8. The molecule has 0 amide bonds. The van der Waals surface area contributed by atoms with E-state index in [0.29, 0.717) is 0 Å². The molecule has 12 heavy (non-hydrogen) atoms. The average Bonchev–Trinajstić information content (AvgIpc) is 1.95. The second-order valence-corrected chi connectivity index (χ2v) is 2.70. The molecule has 0 aromatic heterocycles. The zero-order chi connectivity index (χ0) is 7.33. The maximum Gasteiger partial charge on any atom is -0.0459 e. The molecule has 0 aliphatic rings. The highest BCUT2D eigenvalue weighted by Gasteiger charge is 2.17. The van der Waals surface area contributed by atoms with Gasteiger partial charge in [0, 0.05) is 0 Å². The molecule has 9 N–H and O–H groups in total. The molecule has 80 valence electrons. The van der Waals surface area contributed by atoms with Crippen LogP contribution in [0.1, 0.15) is 40.0 Å². The average molecular weight is 182 g/mol. The van der Waals surface area contributed by atoms with Gasteiger partial charge in [-0.05, 0) is 5.41 Å². The lowest BCUT2D eigenvalue weighted by atomic mass is 9.81. The number of rotatable bonds is 4. The van der Waals surface area contributed by atoms with E-state index in [-0.39, 0.29) is 29.8 Å². The third-order valence-corrected chi connectivity index (χ3v) is 2.56. The maximum atomic E-state index is 10.6. The minimum Gasteiger partial charge on any atom is -0.870 e. The third kappa shape index (κ3) is 5.49. The standard InChI is InChI=1S/C8H17O.2H3N.H2O/c1-4-8(5-2,6-3)7-9;;;/h4-7H2,1-3H3;2*1H3;1H2/q-1;;;/p+1. The molecule has 0 bridgehead atoms. The first-order chi connectivity index (χ1) is 4.24. The summed E-state index contributed by atoms with van der Waals surface area (Å²) < 4.78 is 0. The molecule has 4 nitrogen and oxygen atoms in total. The van der Waals surface area contributed by atoms with Crippen molar-refractivity contribution in [3.63, 3.8) is 0 Å². The molecule has 0 aromatic carbocycles. The molecule has 0 aliphatic carbocycles. The quantitative estimate of drug-likeness (QED) is 0.690. The molecular formula is C8H26N2O2. The Hall–Kier alpha value is -0.160. The van der Waals surface area contributed by atoms with Crippen molar-refractivity contribution in [2.24, 2.45) is 5.41 Å². The van der Waals surface area contributed by atoms with Crippen LogP contribution in [0.5, 0.6) is 0 Å². The van der Waals surface area contributed by atoms with Crippen molar-refractivity contribution in [1.82, 2.24) is 12.3 Å². The smallest absolute Gasteiger partial charge is 0.0459 e. The van der Waals surface area contributed by atoms with Crippen LogP contribution in [0.25, 0.3) is 0 Å². The van der Waals surface area contributed by atoms with Gasteiger partial charge < -0.3 is 22.9 Å². The van der Waals surface area contributed by atoms with Gasteiger partial charge in [0.15, 0.2) is 0 Å². The molecule has 0 spiro atoms. The Kier molecular flexibility index (Phi) is 20.4. The molecule has 0 rings (SSSR count). The minimum atomic E-state index is 0. The Morgan fingerprint density at radius 1 is 0.917 bits per heavy atom. The highest BCUT2D eigenvalue weighted by atomic mass is 16.3. The van der Waals surface area contributed by atoms with E-state index in [1.54, 1.807) is 0 Å². The lowest BCUT2D eigenvalue weighted by molar-refractivity contribution is -0.393. The molecule has 0 aliphatic heterocycles. The first-order valence-electron chi connectivity index (χ1n) is 3.82. The molecule has 0 atom stereocenters. The van der Waals surface area contributed by atoms with E-state index in [9.17, 15) is 5.11 Å². The van der Waals surface area contributed by atoms with E-state index >= 15 is 0 Å². The Morgan fingerprint density at radius 2 is 1.17 bits per heavy atom. The van der Waals surface area contributed by atoms with E-state index in [2.05, 4.69) is 20.8 Å². The first-order valence-corrected chi connectivity index (χ1v) is 3.82. The van der Waals surface area contributed by atoms with Gasteiger partial charge in [-0.1, -0.05) is 40.0 Å². The molecule has 0 heterocycles. The van der Waals surface area contributed by atoms with E-state index in [0.717, 1.165) is 19.3 Å². The van der Waals surface area contributed by atoms with Gasteiger partial charge in [0.05, 0.1) is 0 Å². The van der Waals surface area contributed by atoms with Gasteiger partial charge in [-0.3, -0.25) is 0 Å².